The molecule has 83 heavy (non-hydrogen) atoms. The fourth-order valence-electron chi connectivity index (χ4n) is 11.3. The quantitative estimate of drug-likeness (QED) is 0.0241. The molecule has 3 aromatic carbocycles. The number of nitrogens with two attached hydrogens (primary N) is 2. The molecule has 1 aliphatic rings. The van der Waals surface area contributed by atoms with Crippen LogP contribution >= 0.6 is 0 Å². The Morgan fingerprint density at radius 3 is 1.55 bits per heavy atom. The summed E-state index contributed by atoms with van der Waals surface area (Å²) in [7, 11) is 0. The summed E-state index contributed by atoms with van der Waals surface area (Å²) in [6.07, 6.45) is 18.2. The average molecular weight is 1160 g/mol. The number of unbranched alkanes of at least 4 members (excludes halogenated alkanes) is 20. The number of hydrogen-bond acceptors (Lipinski definition) is 12. The van der Waals surface area contributed by atoms with E-state index in [9.17, 15) is 44.4 Å². The maximum Gasteiger partial charge on any atom is 0.252 e. The van der Waals surface area contributed by atoms with Crippen LogP contribution in [0, 0.1) is 34.6 Å². The van der Waals surface area contributed by atoms with Crippen molar-refractivity contribution in [3.63, 3.8) is 0 Å². The van der Waals surface area contributed by atoms with E-state index in [0.717, 1.165) is 63.8 Å². The van der Waals surface area contributed by atoms with Gasteiger partial charge in [-0.2, -0.15) is 0 Å². The molecule has 0 aliphatic carbocycles. The summed E-state index contributed by atoms with van der Waals surface area (Å²) in [6.45, 7) is 11.9. The summed E-state index contributed by atoms with van der Waals surface area (Å²) in [6, 6.07) is 11.5. The van der Waals surface area contributed by atoms with Gasteiger partial charge in [-0.1, -0.05) is 177 Å². The Hall–Kier alpha value is -5.43. The SMILES string of the molecule is CCCCCCCCCCCCCCCCCCCCCCO[C@@H]1O[C@H](C(=O)NCCCC[C@@H](NC(=O)[C@@H](N)Cc2c(C)cc(O)cc2C)C(=O)N[C@@H](Cc2c(C)cc(C)cc2C)C(=O)N[C@@H](Cc2ccccc2)C(N)=O)[C@@H](O)[C@H](O)[C@H]1O. The van der Waals surface area contributed by atoms with Crippen LogP contribution < -0.4 is 32.7 Å². The highest BCUT2D eigenvalue weighted by Crippen LogP contribution is 2.25. The van der Waals surface area contributed by atoms with E-state index < -0.39 is 84.4 Å². The molecular weight excluding hydrogens is 1050 g/mol. The van der Waals surface area contributed by atoms with Crippen LogP contribution in [0.1, 0.15) is 199 Å². The van der Waals surface area contributed by atoms with Gasteiger partial charge in [-0.15, -0.1) is 0 Å². The van der Waals surface area contributed by atoms with E-state index in [0.29, 0.717) is 6.42 Å². The monoisotopic (exact) mass is 1160 g/mol. The van der Waals surface area contributed by atoms with Crippen LogP contribution in [0.4, 0.5) is 0 Å². The Morgan fingerprint density at radius 2 is 1.02 bits per heavy atom. The molecule has 1 saturated heterocycles. The summed E-state index contributed by atoms with van der Waals surface area (Å²) < 4.78 is 11.6. The van der Waals surface area contributed by atoms with Crippen LogP contribution in [0.2, 0.25) is 0 Å². The van der Waals surface area contributed by atoms with Gasteiger partial charge in [0.1, 0.15) is 42.2 Å². The number of phenols is 1. The van der Waals surface area contributed by atoms with Gasteiger partial charge in [-0.05, 0) is 118 Å². The number of aromatic hydroxyl groups is 1. The number of nitrogens with one attached hydrogen (secondary N) is 4. The second kappa shape index (κ2) is 38.5. The maximum atomic E-state index is 14.6. The Bertz CT molecular complexity index is 2380. The van der Waals surface area contributed by atoms with Crippen molar-refractivity contribution >= 4 is 29.5 Å². The molecule has 1 aliphatic heterocycles. The van der Waals surface area contributed by atoms with E-state index in [2.05, 4.69) is 28.2 Å². The number of amides is 5. The number of carbonyl (C=O) groups excluding carboxylic acids is 5. The zero-order chi connectivity index (χ0) is 60.7. The second-order valence-electron chi connectivity index (χ2n) is 23.5. The molecular formula is C66H104N6O11. The van der Waals surface area contributed by atoms with E-state index in [1.165, 1.54) is 103 Å². The highest BCUT2D eigenvalue weighted by molar-refractivity contribution is 5.95. The minimum absolute atomic E-state index is 0.0369. The predicted molar refractivity (Wildman–Crippen MR) is 326 cm³/mol. The molecule has 0 saturated carbocycles. The number of hydrogen-bond donors (Lipinski definition) is 10. The molecule has 464 valence electrons. The molecule has 5 amide bonds. The first-order valence-corrected chi connectivity index (χ1v) is 31.3. The van der Waals surface area contributed by atoms with Crippen LogP contribution in [0.3, 0.4) is 0 Å². The summed E-state index contributed by atoms with van der Waals surface area (Å²) in [4.78, 5) is 69.1. The van der Waals surface area contributed by atoms with Crippen molar-refractivity contribution < 1.29 is 53.9 Å². The van der Waals surface area contributed by atoms with Gasteiger partial charge in [-0.25, -0.2) is 0 Å². The number of aryl methyl sites for hydroxylation is 5. The van der Waals surface area contributed by atoms with Gasteiger partial charge in [0, 0.05) is 26.0 Å². The van der Waals surface area contributed by atoms with Gasteiger partial charge in [-0.3, -0.25) is 24.0 Å². The topological polar surface area (TPSA) is 285 Å². The number of aliphatic hydroxyl groups excluding tert-OH is 3. The first-order valence-electron chi connectivity index (χ1n) is 31.3. The third kappa shape index (κ3) is 25.4. The Labute approximate surface area is 495 Å². The van der Waals surface area contributed by atoms with Crippen LogP contribution in [0.15, 0.2) is 54.6 Å². The van der Waals surface area contributed by atoms with E-state index in [1.54, 1.807) is 26.0 Å². The zero-order valence-corrected chi connectivity index (χ0v) is 51.0. The minimum atomic E-state index is -1.74. The number of carbonyl (C=O) groups is 5. The lowest BCUT2D eigenvalue weighted by Gasteiger charge is -2.39. The fourth-order valence-corrected chi connectivity index (χ4v) is 11.3. The van der Waals surface area contributed by atoms with Crippen LogP contribution in [0.25, 0.3) is 0 Å². The van der Waals surface area contributed by atoms with Gasteiger partial charge >= 0.3 is 0 Å². The molecule has 0 unspecified atom stereocenters. The number of aliphatic hydroxyl groups is 3. The summed E-state index contributed by atoms with van der Waals surface area (Å²) >= 11 is 0. The number of benzene rings is 3. The maximum absolute atomic E-state index is 14.6. The molecule has 12 N–H and O–H groups in total. The first-order chi connectivity index (χ1) is 39.8. The normalized spacial score (nSPS) is 18.4. The second-order valence-corrected chi connectivity index (χ2v) is 23.5. The number of rotatable bonds is 41. The third-order valence-electron chi connectivity index (χ3n) is 16.2. The van der Waals surface area contributed by atoms with Crippen molar-refractivity contribution in [3.8, 4) is 5.75 Å². The van der Waals surface area contributed by atoms with Gasteiger partial charge in [0.05, 0.1) is 6.04 Å². The van der Waals surface area contributed by atoms with E-state index in [1.807, 2.05) is 63.2 Å². The standard InChI is InChI=1S/C66H104N6O11/c1-7-8-9-10-11-12-13-14-15-16-17-18-19-20-21-22-23-24-25-31-36-82-66-59(76)57(74)58(75)60(83-66)65(81)69-35-30-29-34-54(70-62(78)53(67)42-51-47(5)39-50(73)40-48(51)6)63(79)72-56(43-52-45(3)37-44(2)38-46(52)4)64(80)71-55(61(68)77)41-49-32-27-26-28-33-49/h26-28,32-33,37-40,53-60,66,73-76H,7-25,29-31,34-36,41-43,67H2,1-6H3,(H2,68,77)(H,69,81)(H,70,78)(H,71,80)(H,72,79)/t53-,54+,55-,56-,57-,58-,59+,60-,66+/m0/s1. The molecule has 0 radical (unpaired) electrons. The van der Waals surface area contributed by atoms with Crippen molar-refractivity contribution in [2.24, 2.45) is 11.5 Å². The van der Waals surface area contributed by atoms with Crippen molar-refractivity contribution in [1.29, 1.82) is 0 Å². The third-order valence-corrected chi connectivity index (χ3v) is 16.2. The fraction of sp³-hybridized carbons (Fsp3) is 0.652. The number of phenolic OH excluding ortho intramolecular Hbond substituents is 1. The van der Waals surface area contributed by atoms with Crippen molar-refractivity contribution in [2.75, 3.05) is 13.2 Å². The number of ether oxygens (including phenoxy) is 2. The largest absolute Gasteiger partial charge is 0.508 e. The molecule has 1 heterocycles. The van der Waals surface area contributed by atoms with Gasteiger partial charge in [0.15, 0.2) is 12.4 Å². The lowest BCUT2D eigenvalue weighted by atomic mass is 9.93. The molecule has 0 aromatic heterocycles. The van der Waals surface area contributed by atoms with Crippen molar-refractivity contribution in [3.05, 3.63) is 99.1 Å². The van der Waals surface area contributed by atoms with Gasteiger partial charge in [0.2, 0.25) is 23.6 Å². The van der Waals surface area contributed by atoms with Crippen molar-refractivity contribution in [1.82, 2.24) is 21.3 Å². The molecule has 0 bridgehead atoms. The Morgan fingerprint density at radius 1 is 0.554 bits per heavy atom. The first kappa shape index (κ1) is 70.1. The molecule has 9 atom stereocenters. The van der Waals surface area contributed by atoms with E-state index >= 15 is 0 Å². The van der Waals surface area contributed by atoms with Gasteiger partial charge < -0.3 is 62.6 Å². The molecule has 1 fully saturated rings. The molecule has 0 spiro atoms. The molecule has 3 aromatic rings. The molecule has 4 rings (SSSR count). The summed E-state index contributed by atoms with van der Waals surface area (Å²) in [5.74, 6) is -3.41. The van der Waals surface area contributed by atoms with Crippen LogP contribution in [-0.2, 0) is 52.7 Å². The lowest BCUT2D eigenvalue weighted by molar-refractivity contribution is -0.290. The minimum Gasteiger partial charge on any atom is -0.508 e. The Balaban J connectivity index is 1.30. The predicted octanol–water partition coefficient (Wildman–Crippen LogP) is 8.16. The van der Waals surface area contributed by atoms with E-state index in [4.69, 9.17) is 20.9 Å². The molecule has 17 nitrogen and oxygen atoms in total. The summed E-state index contributed by atoms with van der Waals surface area (Å²) in [5.41, 5.74) is 18.9. The zero-order valence-electron chi connectivity index (χ0n) is 51.0. The van der Waals surface area contributed by atoms with Gasteiger partial charge in [0.25, 0.3) is 5.91 Å². The highest BCUT2D eigenvalue weighted by Gasteiger charge is 2.47. The average Bonchev–Trinajstić information content (AvgIpc) is 3.49. The van der Waals surface area contributed by atoms with Crippen molar-refractivity contribution in [2.45, 2.75) is 263 Å². The summed E-state index contributed by atoms with van der Waals surface area (Å²) in [5, 5.41) is 53.6. The highest BCUT2D eigenvalue weighted by atomic mass is 16.7. The lowest BCUT2D eigenvalue weighted by Crippen LogP contribution is -2.62. The molecule has 17 heteroatoms. The van der Waals surface area contributed by atoms with E-state index in [-0.39, 0.29) is 57.4 Å². The van der Waals surface area contributed by atoms with Crippen LogP contribution in [-0.4, -0.2) is 118 Å². The Kier molecular flexibility index (Phi) is 32.5. The smallest absolute Gasteiger partial charge is 0.252 e. The van der Waals surface area contributed by atoms with Crippen LogP contribution in [0.5, 0.6) is 5.75 Å². The number of primary amides is 1.